The molecule has 1 amide bonds. The molecular weight excluding hydrogens is 344 g/mol. The Kier molecular flexibility index (Phi) is 4.76. The molecule has 0 radical (unpaired) electrons. The summed E-state index contributed by atoms with van der Waals surface area (Å²) in [6.45, 7) is 6.05. The molecule has 1 aromatic heterocycles. The van der Waals surface area contributed by atoms with Gasteiger partial charge in [-0.05, 0) is 49.3 Å². The number of likely N-dealkylation sites (tertiary alicyclic amines) is 1. The summed E-state index contributed by atoms with van der Waals surface area (Å²) >= 11 is 0. The number of ether oxygens (including phenoxy) is 2. The van der Waals surface area contributed by atoms with Crippen LogP contribution in [-0.2, 0) is 17.6 Å². The number of benzene rings is 1. The predicted molar refractivity (Wildman–Crippen MR) is 99.6 cm³/mol. The molecule has 2 aliphatic rings. The zero-order valence-corrected chi connectivity index (χ0v) is 16.0. The van der Waals surface area contributed by atoms with Gasteiger partial charge in [-0.2, -0.15) is 5.10 Å². The smallest absolute Gasteiger partial charge is 0.231 e. The van der Waals surface area contributed by atoms with E-state index >= 15 is 0 Å². The molecule has 144 valence electrons. The van der Waals surface area contributed by atoms with Crippen molar-refractivity contribution in [3.63, 3.8) is 0 Å². The molecule has 0 aliphatic carbocycles. The summed E-state index contributed by atoms with van der Waals surface area (Å²) in [7, 11) is 0. The van der Waals surface area contributed by atoms with Crippen LogP contribution in [0.4, 0.5) is 0 Å². The molecule has 0 spiro atoms. The molecule has 4 rings (SSSR count). The van der Waals surface area contributed by atoms with Gasteiger partial charge in [0, 0.05) is 25.9 Å². The Hall–Kier alpha value is -2.57. The van der Waals surface area contributed by atoms with Gasteiger partial charge >= 0.3 is 0 Å². The van der Waals surface area contributed by atoms with Crippen molar-refractivity contribution in [3.05, 3.63) is 35.4 Å². The van der Waals surface area contributed by atoms with Gasteiger partial charge in [0.2, 0.25) is 12.7 Å². The number of nitrogens with zero attached hydrogens (tertiary/aromatic N) is 3. The van der Waals surface area contributed by atoms with Crippen molar-refractivity contribution in [1.29, 1.82) is 0 Å². The van der Waals surface area contributed by atoms with Crippen molar-refractivity contribution in [2.75, 3.05) is 19.9 Å². The van der Waals surface area contributed by atoms with Crippen LogP contribution >= 0.6 is 0 Å². The highest BCUT2D eigenvalue weighted by molar-refractivity contribution is 5.76. The van der Waals surface area contributed by atoms with Crippen LogP contribution in [0.3, 0.4) is 0 Å². The molecule has 0 bridgehead atoms. The van der Waals surface area contributed by atoms with Gasteiger partial charge in [0.1, 0.15) is 5.82 Å². The van der Waals surface area contributed by atoms with E-state index in [1.807, 2.05) is 17.9 Å². The van der Waals surface area contributed by atoms with Crippen molar-refractivity contribution in [1.82, 2.24) is 20.1 Å². The van der Waals surface area contributed by atoms with E-state index in [1.165, 1.54) is 5.56 Å². The molecule has 2 aromatic rings. The van der Waals surface area contributed by atoms with Gasteiger partial charge in [0.25, 0.3) is 0 Å². The lowest BCUT2D eigenvalue weighted by molar-refractivity contribution is -0.134. The molecule has 7 nitrogen and oxygen atoms in total. The van der Waals surface area contributed by atoms with Crippen molar-refractivity contribution >= 4 is 5.91 Å². The number of H-pyrrole nitrogens is 1. The number of carbonyl (C=O) groups excluding carboxylic acids is 1. The first-order chi connectivity index (χ1) is 13.0. The van der Waals surface area contributed by atoms with Crippen LogP contribution in [0.1, 0.15) is 43.4 Å². The van der Waals surface area contributed by atoms with Crippen LogP contribution in [0, 0.1) is 12.3 Å². The van der Waals surface area contributed by atoms with Crippen LogP contribution in [0.25, 0.3) is 0 Å². The molecule has 27 heavy (non-hydrogen) atoms. The lowest BCUT2D eigenvalue weighted by Gasteiger charge is -2.41. The highest BCUT2D eigenvalue weighted by atomic mass is 16.7. The quantitative estimate of drug-likeness (QED) is 0.875. The number of amides is 1. The second-order valence-corrected chi connectivity index (χ2v) is 7.93. The van der Waals surface area contributed by atoms with Gasteiger partial charge in [-0.1, -0.05) is 13.0 Å². The van der Waals surface area contributed by atoms with Crippen LogP contribution in [0.5, 0.6) is 11.5 Å². The first kappa shape index (κ1) is 17.8. The SMILES string of the molecule is Cc1nc(CCC(=O)N2CCC[C@](C)(Cc3ccc4c(c3)OCO4)C2)n[nH]1. The van der Waals surface area contributed by atoms with Crippen molar-refractivity contribution in [2.24, 2.45) is 5.41 Å². The van der Waals surface area contributed by atoms with E-state index in [0.29, 0.717) is 25.5 Å². The lowest BCUT2D eigenvalue weighted by atomic mass is 9.77. The monoisotopic (exact) mass is 370 g/mol. The Morgan fingerprint density at radius 2 is 2.19 bits per heavy atom. The highest BCUT2D eigenvalue weighted by Gasteiger charge is 2.33. The first-order valence-electron chi connectivity index (χ1n) is 9.55. The Labute approximate surface area is 159 Å². The summed E-state index contributed by atoms with van der Waals surface area (Å²) in [4.78, 5) is 19.0. The molecule has 7 heteroatoms. The zero-order chi connectivity index (χ0) is 18.9. The molecule has 0 unspecified atom stereocenters. The number of nitrogens with one attached hydrogen (secondary N) is 1. The van der Waals surface area contributed by atoms with Gasteiger partial charge < -0.3 is 14.4 Å². The fourth-order valence-corrected chi connectivity index (χ4v) is 4.09. The topological polar surface area (TPSA) is 80.3 Å². The number of hydrogen-bond acceptors (Lipinski definition) is 5. The third-order valence-electron chi connectivity index (χ3n) is 5.41. The van der Waals surface area contributed by atoms with Gasteiger partial charge in [-0.15, -0.1) is 0 Å². The number of carbonyl (C=O) groups is 1. The Morgan fingerprint density at radius 1 is 1.33 bits per heavy atom. The molecule has 3 heterocycles. The number of fused-ring (bicyclic) bond motifs is 1. The normalized spacial score (nSPS) is 21.5. The van der Waals surface area contributed by atoms with E-state index in [9.17, 15) is 4.79 Å². The van der Waals surface area contributed by atoms with E-state index < -0.39 is 0 Å². The number of aryl methyl sites for hydroxylation is 2. The largest absolute Gasteiger partial charge is 0.454 e. The number of piperidine rings is 1. The highest BCUT2D eigenvalue weighted by Crippen LogP contribution is 2.37. The fraction of sp³-hybridized carbons (Fsp3) is 0.550. The number of aromatic nitrogens is 3. The van der Waals surface area contributed by atoms with E-state index in [2.05, 4.69) is 34.2 Å². The van der Waals surface area contributed by atoms with Gasteiger partial charge in [-0.3, -0.25) is 9.89 Å². The average Bonchev–Trinajstić information content (AvgIpc) is 3.27. The number of hydrogen-bond donors (Lipinski definition) is 1. The maximum Gasteiger partial charge on any atom is 0.231 e. The summed E-state index contributed by atoms with van der Waals surface area (Å²) in [5.41, 5.74) is 1.30. The summed E-state index contributed by atoms with van der Waals surface area (Å²) in [6, 6.07) is 6.15. The molecule has 1 N–H and O–H groups in total. The summed E-state index contributed by atoms with van der Waals surface area (Å²) in [5, 5.41) is 6.94. The van der Waals surface area contributed by atoms with Crippen LogP contribution in [-0.4, -0.2) is 45.9 Å². The van der Waals surface area contributed by atoms with Crippen molar-refractivity contribution < 1.29 is 14.3 Å². The van der Waals surface area contributed by atoms with E-state index in [1.54, 1.807) is 0 Å². The molecular formula is C20H26N4O3. The third kappa shape index (κ3) is 4.07. The van der Waals surface area contributed by atoms with Gasteiger partial charge in [0.15, 0.2) is 17.3 Å². The first-order valence-corrected chi connectivity index (χ1v) is 9.55. The molecule has 1 saturated heterocycles. The minimum Gasteiger partial charge on any atom is -0.454 e. The van der Waals surface area contributed by atoms with Crippen LogP contribution in [0.15, 0.2) is 18.2 Å². The van der Waals surface area contributed by atoms with E-state index in [4.69, 9.17) is 9.47 Å². The summed E-state index contributed by atoms with van der Waals surface area (Å²) < 4.78 is 10.9. The van der Waals surface area contributed by atoms with Gasteiger partial charge in [-0.25, -0.2) is 4.98 Å². The van der Waals surface area contributed by atoms with Crippen LogP contribution < -0.4 is 9.47 Å². The van der Waals surface area contributed by atoms with Gasteiger partial charge in [0.05, 0.1) is 0 Å². The molecule has 1 atom stereocenters. The van der Waals surface area contributed by atoms with Crippen molar-refractivity contribution in [3.8, 4) is 11.5 Å². The Balaban J connectivity index is 1.36. The zero-order valence-electron chi connectivity index (χ0n) is 16.0. The summed E-state index contributed by atoms with van der Waals surface area (Å²) in [5.74, 6) is 3.31. The fourth-order valence-electron chi connectivity index (χ4n) is 4.09. The molecule has 2 aliphatic heterocycles. The molecule has 0 saturated carbocycles. The minimum atomic E-state index is 0.0722. The lowest BCUT2D eigenvalue weighted by Crippen LogP contribution is -2.45. The summed E-state index contributed by atoms with van der Waals surface area (Å²) in [6.07, 6.45) is 4.11. The van der Waals surface area contributed by atoms with Crippen molar-refractivity contribution in [2.45, 2.75) is 46.0 Å². The number of aromatic amines is 1. The minimum absolute atomic E-state index is 0.0722. The average molecular weight is 370 g/mol. The Bertz CT molecular complexity index is 834. The third-order valence-corrected chi connectivity index (χ3v) is 5.41. The molecule has 1 aromatic carbocycles. The standard InChI is InChI=1S/C20H26N4O3/c1-14-21-18(23-22-14)6-7-19(25)24-9-3-8-20(2,12-24)11-15-4-5-16-17(10-15)27-13-26-16/h4-5,10H,3,6-9,11-13H2,1-2H3,(H,21,22,23)/t20-/m1/s1. The van der Waals surface area contributed by atoms with E-state index in [0.717, 1.165) is 49.7 Å². The van der Waals surface area contributed by atoms with Crippen LogP contribution in [0.2, 0.25) is 0 Å². The second kappa shape index (κ2) is 7.21. The maximum absolute atomic E-state index is 12.7. The predicted octanol–water partition coefficient (Wildman–Crippen LogP) is 2.65. The molecule has 1 fully saturated rings. The van der Waals surface area contributed by atoms with E-state index in [-0.39, 0.29) is 11.3 Å². The number of rotatable bonds is 5. The second-order valence-electron chi connectivity index (χ2n) is 7.93. The maximum atomic E-state index is 12.7. The Morgan fingerprint density at radius 3 is 3.00 bits per heavy atom.